The summed E-state index contributed by atoms with van der Waals surface area (Å²) < 4.78 is 0. The fourth-order valence-corrected chi connectivity index (χ4v) is 12.8. The van der Waals surface area contributed by atoms with Crippen molar-refractivity contribution in [3.8, 4) is 77.9 Å². The maximum absolute atomic E-state index is 2.57. The Morgan fingerprint density at radius 1 is 0.254 bits per heavy atom. The van der Waals surface area contributed by atoms with E-state index in [0.29, 0.717) is 0 Å². The van der Waals surface area contributed by atoms with E-state index in [4.69, 9.17) is 0 Å². The van der Waals surface area contributed by atoms with Crippen LogP contribution in [-0.2, 0) is 10.8 Å². The number of nitrogens with zero attached hydrogens (tertiary/aromatic N) is 1. The van der Waals surface area contributed by atoms with Gasteiger partial charge < -0.3 is 4.90 Å². The zero-order valence-corrected chi connectivity index (χ0v) is 39.8. The molecule has 11 aromatic carbocycles. The minimum Gasteiger partial charge on any atom is -0.310 e. The highest BCUT2D eigenvalue weighted by atomic mass is 15.1. The van der Waals surface area contributed by atoms with Gasteiger partial charge in [0.25, 0.3) is 0 Å². The van der Waals surface area contributed by atoms with Crippen LogP contribution < -0.4 is 4.90 Å². The van der Waals surface area contributed by atoms with Gasteiger partial charge in [-0.2, -0.15) is 0 Å². The van der Waals surface area contributed by atoms with Gasteiger partial charge in [0.2, 0.25) is 0 Å². The molecular weight excluding hydrogens is 855 g/mol. The van der Waals surface area contributed by atoms with Crippen molar-refractivity contribution in [2.24, 2.45) is 0 Å². The van der Waals surface area contributed by atoms with Crippen LogP contribution in [0, 0.1) is 0 Å². The fraction of sp³-hybridized carbons (Fsp3) is 0.0571. The maximum Gasteiger partial charge on any atom is 0.0726 e. The van der Waals surface area contributed by atoms with Crippen molar-refractivity contribution in [1.29, 1.82) is 0 Å². The molecule has 0 aromatic heterocycles. The molecule has 14 rings (SSSR count). The van der Waals surface area contributed by atoms with E-state index < -0.39 is 5.41 Å². The molecule has 0 bridgehead atoms. The van der Waals surface area contributed by atoms with Gasteiger partial charge in [0.1, 0.15) is 0 Å². The quantitative estimate of drug-likeness (QED) is 0.154. The van der Waals surface area contributed by atoms with Gasteiger partial charge in [-0.3, -0.25) is 0 Å². The summed E-state index contributed by atoms with van der Waals surface area (Å²) in [6.07, 6.45) is 0. The Bertz CT molecular complexity index is 3840. The molecule has 0 aliphatic heterocycles. The molecule has 11 aromatic rings. The molecule has 1 spiro atoms. The van der Waals surface area contributed by atoms with Crippen LogP contribution in [0.3, 0.4) is 0 Å². The van der Waals surface area contributed by atoms with Crippen LogP contribution in [0.25, 0.3) is 77.9 Å². The Kier molecular flexibility index (Phi) is 9.22. The van der Waals surface area contributed by atoms with Crippen LogP contribution in [0.5, 0.6) is 0 Å². The second kappa shape index (κ2) is 15.9. The molecule has 1 nitrogen and oxygen atoms in total. The summed E-state index contributed by atoms with van der Waals surface area (Å²) in [7, 11) is 0. The van der Waals surface area contributed by atoms with Gasteiger partial charge in [-0.05, 0) is 142 Å². The minimum absolute atomic E-state index is 0.257. The lowest BCUT2D eigenvalue weighted by molar-refractivity contribution is 0.660. The largest absolute Gasteiger partial charge is 0.310 e. The number of anilines is 3. The summed E-state index contributed by atoms with van der Waals surface area (Å²) in [5.74, 6) is 0. The van der Waals surface area contributed by atoms with Crippen molar-refractivity contribution in [1.82, 2.24) is 0 Å². The van der Waals surface area contributed by atoms with Gasteiger partial charge in [0.15, 0.2) is 0 Å². The zero-order valence-electron chi connectivity index (χ0n) is 39.8. The molecule has 0 saturated carbocycles. The van der Waals surface area contributed by atoms with Crippen LogP contribution in [0.4, 0.5) is 17.1 Å². The average molecular weight is 904 g/mol. The van der Waals surface area contributed by atoms with Crippen LogP contribution >= 0.6 is 0 Å². The number of hydrogen-bond acceptors (Lipinski definition) is 1. The molecule has 0 fully saturated rings. The van der Waals surface area contributed by atoms with E-state index in [1.54, 1.807) is 0 Å². The number of benzene rings is 11. The van der Waals surface area contributed by atoms with Crippen molar-refractivity contribution >= 4 is 17.1 Å². The Hall–Kier alpha value is -8.78. The van der Waals surface area contributed by atoms with Crippen molar-refractivity contribution in [2.45, 2.75) is 24.7 Å². The second-order valence-electron chi connectivity index (χ2n) is 19.9. The third-order valence-corrected chi connectivity index (χ3v) is 15.9. The highest BCUT2D eigenvalue weighted by Gasteiger charge is 2.51. The van der Waals surface area contributed by atoms with Crippen molar-refractivity contribution in [3.63, 3.8) is 0 Å². The first-order valence-electron chi connectivity index (χ1n) is 24.9. The summed E-state index contributed by atoms with van der Waals surface area (Å²) >= 11 is 0. The average Bonchev–Trinajstić information content (AvgIpc) is 3.99. The summed E-state index contributed by atoms with van der Waals surface area (Å²) in [4.78, 5) is 2.57. The van der Waals surface area contributed by atoms with Gasteiger partial charge in [-0.1, -0.05) is 238 Å². The normalized spacial score (nSPS) is 13.7. The van der Waals surface area contributed by atoms with E-state index in [2.05, 4.69) is 280 Å². The minimum atomic E-state index is -0.493. The first-order valence-corrected chi connectivity index (χ1v) is 24.9. The summed E-state index contributed by atoms with van der Waals surface area (Å²) in [6, 6.07) is 97.5. The van der Waals surface area contributed by atoms with Gasteiger partial charge in [0, 0.05) is 22.4 Å². The summed E-state index contributed by atoms with van der Waals surface area (Å²) in [5, 5.41) is 0. The van der Waals surface area contributed by atoms with E-state index in [1.165, 1.54) is 111 Å². The molecule has 0 radical (unpaired) electrons. The van der Waals surface area contributed by atoms with Gasteiger partial charge >= 0.3 is 0 Å². The molecule has 1 heteroatoms. The monoisotopic (exact) mass is 903 g/mol. The van der Waals surface area contributed by atoms with Crippen LogP contribution in [-0.4, -0.2) is 0 Å². The molecule has 0 saturated heterocycles. The molecule has 0 atom stereocenters. The fourth-order valence-electron chi connectivity index (χ4n) is 12.8. The van der Waals surface area contributed by atoms with Crippen LogP contribution in [0.2, 0.25) is 0 Å². The lowest BCUT2D eigenvalue weighted by Gasteiger charge is -2.34. The molecule has 0 unspecified atom stereocenters. The van der Waals surface area contributed by atoms with Crippen molar-refractivity contribution in [2.75, 3.05) is 4.90 Å². The molecule has 0 amide bonds. The van der Waals surface area contributed by atoms with E-state index in [9.17, 15) is 0 Å². The second-order valence-corrected chi connectivity index (χ2v) is 19.9. The molecular formula is C70H49N. The maximum atomic E-state index is 2.57. The lowest BCUT2D eigenvalue weighted by atomic mass is 9.70. The number of hydrogen-bond donors (Lipinski definition) is 0. The lowest BCUT2D eigenvalue weighted by Crippen LogP contribution is -2.26. The van der Waals surface area contributed by atoms with Crippen molar-refractivity contribution in [3.05, 3.63) is 294 Å². The predicted molar refractivity (Wildman–Crippen MR) is 297 cm³/mol. The number of fused-ring (bicyclic) bond motifs is 13. The van der Waals surface area contributed by atoms with Gasteiger partial charge in [-0.25, -0.2) is 0 Å². The topological polar surface area (TPSA) is 3.24 Å². The Balaban J connectivity index is 1.05. The van der Waals surface area contributed by atoms with Crippen LogP contribution in [0.1, 0.15) is 47.2 Å². The number of rotatable bonds is 7. The molecule has 334 valence electrons. The zero-order chi connectivity index (χ0) is 47.3. The Labute approximate surface area is 416 Å². The summed E-state index contributed by atoms with van der Waals surface area (Å²) in [6.45, 7) is 4.81. The van der Waals surface area contributed by atoms with E-state index in [-0.39, 0.29) is 5.41 Å². The highest BCUT2D eigenvalue weighted by molar-refractivity contribution is 6.03. The molecule has 0 heterocycles. The smallest absolute Gasteiger partial charge is 0.0726 e. The first kappa shape index (κ1) is 41.2. The van der Waals surface area contributed by atoms with Gasteiger partial charge in [-0.15, -0.1) is 0 Å². The molecule has 3 aliphatic rings. The first-order chi connectivity index (χ1) is 35.0. The molecule has 71 heavy (non-hydrogen) atoms. The van der Waals surface area contributed by atoms with E-state index >= 15 is 0 Å². The highest BCUT2D eigenvalue weighted by Crippen LogP contribution is 2.64. The SMILES string of the molecule is CC1(C)c2cc(-c3ccccc3)ccc2-c2ccc(N(c3ccc4c(c3)C3(c5ccccc5-c5ccccc53)c3ccccc3-4)c3cccc(-c4ccccc4)c3-c3ccccc3-c3ccccc3)cc21. The Morgan fingerprint density at radius 3 is 1.21 bits per heavy atom. The summed E-state index contributed by atoms with van der Waals surface area (Å²) in [5.41, 5.74) is 28.0. The molecule has 3 aliphatic carbocycles. The predicted octanol–water partition coefficient (Wildman–Crippen LogP) is 18.5. The van der Waals surface area contributed by atoms with E-state index in [1.807, 2.05) is 0 Å². The van der Waals surface area contributed by atoms with E-state index in [0.717, 1.165) is 17.1 Å². The standard InChI is InChI=1S/C70H49N/c1-69(2)64-43-49(46-21-6-3-7-22-46)37-40-57(64)58-41-38-50(44-65(58)69)71(67-36-20-32-53(48-25-10-5-11-26-48)68(67)60-31-13-12-27-52(60)47-23-8-4-9-24-47)51-39-42-59-56-30-16-19-35-63(56)70(66(59)45-51)61-33-17-14-28-54(61)55-29-15-18-34-62(55)70/h3-45H,1-2H3. The van der Waals surface area contributed by atoms with Crippen LogP contribution in [0.15, 0.2) is 261 Å². The Morgan fingerprint density at radius 2 is 0.648 bits per heavy atom. The molecule has 0 N–H and O–H groups in total. The van der Waals surface area contributed by atoms with Crippen molar-refractivity contribution < 1.29 is 0 Å². The van der Waals surface area contributed by atoms with Gasteiger partial charge in [0.05, 0.1) is 11.1 Å². The third kappa shape index (κ3) is 6.06. The third-order valence-electron chi connectivity index (χ3n) is 15.9.